The van der Waals surface area contributed by atoms with Gasteiger partial charge in [-0.1, -0.05) is 32.4 Å². The van der Waals surface area contributed by atoms with Gasteiger partial charge in [-0.3, -0.25) is 4.79 Å². The van der Waals surface area contributed by atoms with E-state index in [0.717, 1.165) is 19.3 Å². The third-order valence-electron chi connectivity index (χ3n) is 9.76. The first-order valence-electron chi connectivity index (χ1n) is 12.8. The lowest BCUT2D eigenvalue weighted by Crippen LogP contribution is -2.60. The van der Waals surface area contributed by atoms with Crippen LogP contribution < -0.4 is 0 Å². The summed E-state index contributed by atoms with van der Waals surface area (Å²) in [4.78, 5) is 13.3. The molecule has 0 aromatic heterocycles. The first kappa shape index (κ1) is 27.1. The largest absolute Gasteiger partial charge is 0.394 e. The predicted octanol–water partition coefficient (Wildman–Crippen LogP) is 0.283. The number of aliphatic hydroxyl groups excluding tert-OH is 6. The monoisotopic (exact) mass is 498 g/mol. The van der Waals surface area contributed by atoms with Gasteiger partial charge in [0.25, 0.3) is 0 Å². The first-order valence-corrected chi connectivity index (χ1v) is 12.8. The van der Waals surface area contributed by atoms with Crippen LogP contribution in [-0.2, 0) is 14.3 Å². The van der Waals surface area contributed by atoms with Crippen molar-refractivity contribution < 1.29 is 44.9 Å². The van der Waals surface area contributed by atoms with Crippen molar-refractivity contribution in [1.29, 1.82) is 0 Å². The van der Waals surface area contributed by atoms with Crippen LogP contribution in [0.15, 0.2) is 11.6 Å². The number of rotatable bonds is 5. The van der Waals surface area contributed by atoms with E-state index in [9.17, 15) is 35.4 Å². The number of fused-ring (bicyclic) bond motifs is 3. The summed E-state index contributed by atoms with van der Waals surface area (Å²) in [6, 6.07) is 0. The molecule has 9 nitrogen and oxygen atoms in total. The summed E-state index contributed by atoms with van der Waals surface area (Å²) >= 11 is 0. The molecule has 0 bridgehead atoms. The van der Waals surface area contributed by atoms with Gasteiger partial charge in [-0.05, 0) is 61.7 Å². The molecule has 3 aliphatic carbocycles. The zero-order chi connectivity index (χ0) is 25.9. The highest BCUT2D eigenvalue weighted by Crippen LogP contribution is 2.63. The van der Waals surface area contributed by atoms with Crippen LogP contribution in [0.5, 0.6) is 0 Å². The molecule has 9 heteroatoms. The van der Waals surface area contributed by atoms with Crippen molar-refractivity contribution in [2.24, 2.45) is 28.1 Å². The van der Waals surface area contributed by atoms with Gasteiger partial charge in [0.05, 0.1) is 18.8 Å². The quantitative estimate of drug-likeness (QED) is 0.293. The van der Waals surface area contributed by atoms with Crippen molar-refractivity contribution in [3.05, 3.63) is 11.6 Å². The van der Waals surface area contributed by atoms with Gasteiger partial charge in [0.2, 0.25) is 0 Å². The van der Waals surface area contributed by atoms with Crippen LogP contribution in [0, 0.1) is 28.1 Å². The summed E-state index contributed by atoms with van der Waals surface area (Å²) in [7, 11) is 0. The molecule has 200 valence electrons. The zero-order valence-corrected chi connectivity index (χ0v) is 21.1. The Bertz CT molecular complexity index is 841. The number of hydrogen-bond donors (Lipinski definition) is 6. The molecular weight excluding hydrogens is 456 g/mol. The Labute approximate surface area is 206 Å². The lowest BCUT2D eigenvalue weighted by molar-refractivity contribution is -0.299. The second-order valence-electron chi connectivity index (χ2n) is 12.3. The van der Waals surface area contributed by atoms with Crippen molar-refractivity contribution in [3.63, 3.8) is 0 Å². The minimum Gasteiger partial charge on any atom is -0.394 e. The molecule has 4 aliphatic rings. The lowest BCUT2D eigenvalue weighted by atomic mass is 9.44. The highest BCUT2D eigenvalue weighted by Gasteiger charge is 2.60. The van der Waals surface area contributed by atoms with Gasteiger partial charge in [-0.25, -0.2) is 0 Å². The highest BCUT2D eigenvalue weighted by atomic mass is 16.7. The second kappa shape index (κ2) is 9.44. The number of carbonyl (C=O) groups excluding carboxylic acids is 1. The molecule has 3 fully saturated rings. The fourth-order valence-electron chi connectivity index (χ4n) is 7.61. The van der Waals surface area contributed by atoms with Crippen LogP contribution in [0.25, 0.3) is 0 Å². The van der Waals surface area contributed by atoms with Gasteiger partial charge in [-0.15, -0.1) is 0 Å². The molecule has 0 aromatic carbocycles. The van der Waals surface area contributed by atoms with E-state index in [0.29, 0.717) is 12.8 Å². The van der Waals surface area contributed by atoms with Crippen molar-refractivity contribution in [3.8, 4) is 0 Å². The van der Waals surface area contributed by atoms with E-state index >= 15 is 0 Å². The maximum Gasteiger partial charge on any atom is 0.187 e. The summed E-state index contributed by atoms with van der Waals surface area (Å²) in [6.45, 7) is 7.29. The maximum absolute atomic E-state index is 13.3. The summed E-state index contributed by atoms with van der Waals surface area (Å²) in [5.74, 6) is 0.326. The summed E-state index contributed by atoms with van der Waals surface area (Å²) in [5, 5.41) is 60.7. The minimum atomic E-state index is -1.56. The number of hydrogen-bond acceptors (Lipinski definition) is 9. The molecule has 11 unspecified atom stereocenters. The van der Waals surface area contributed by atoms with Gasteiger partial charge >= 0.3 is 0 Å². The van der Waals surface area contributed by atoms with E-state index in [1.807, 2.05) is 20.8 Å². The van der Waals surface area contributed by atoms with Crippen LogP contribution in [0.1, 0.15) is 59.8 Å². The normalized spacial score (nSPS) is 49.5. The molecule has 35 heavy (non-hydrogen) atoms. The van der Waals surface area contributed by atoms with Gasteiger partial charge in [0.1, 0.15) is 31.0 Å². The molecule has 11 atom stereocenters. The lowest BCUT2D eigenvalue weighted by Gasteiger charge is -2.61. The number of allylic oxidation sites excluding steroid dienone is 2. The van der Waals surface area contributed by atoms with E-state index in [1.165, 1.54) is 5.57 Å². The van der Waals surface area contributed by atoms with Crippen molar-refractivity contribution in [1.82, 2.24) is 0 Å². The summed E-state index contributed by atoms with van der Waals surface area (Å²) in [6.07, 6.45) is -2.81. The number of carbonyl (C=O) groups is 1. The van der Waals surface area contributed by atoms with Crippen molar-refractivity contribution in [2.75, 3.05) is 13.2 Å². The molecule has 0 amide bonds. The Morgan fingerprint density at radius 1 is 1.06 bits per heavy atom. The molecule has 1 saturated heterocycles. The number of ketones is 1. The SMILES string of the molecule is CC1(C(=O)COC2OC(CO)C(O)C(O)C2O)C=C2CCC3C(C)(C)C(O)C(O)CC3(C)C2CC1. The maximum atomic E-state index is 13.3. The van der Waals surface area contributed by atoms with E-state index in [2.05, 4.69) is 13.0 Å². The minimum absolute atomic E-state index is 0.163. The van der Waals surface area contributed by atoms with Gasteiger partial charge < -0.3 is 40.1 Å². The van der Waals surface area contributed by atoms with Crippen LogP contribution in [0.3, 0.4) is 0 Å². The first-order chi connectivity index (χ1) is 16.3. The Balaban J connectivity index is 1.47. The third-order valence-corrected chi connectivity index (χ3v) is 9.76. The summed E-state index contributed by atoms with van der Waals surface area (Å²) in [5.41, 5.74) is -0.0964. The predicted molar refractivity (Wildman–Crippen MR) is 125 cm³/mol. The van der Waals surface area contributed by atoms with Gasteiger partial charge in [0, 0.05) is 5.41 Å². The van der Waals surface area contributed by atoms with Crippen molar-refractivity contribution >= 4 is 5.78 Å². The number of Topliss-reactive ketones (excluding diaryl/α,β-unsaturated/α-hetero) is 1. The van der Waals surface area contributed by atoms with Crippen LogP contribution in [0.4, 0.5) is 0 Å². The molecule has 0 radical (unpaired) electrons. The molecule has 0 aromatic rings. The van der Waals surface area contributed by atoms with Gasteiger partial charge in [0.15, 0.2) is 12.1 Å². The van der Waals surface area contributed by atoms with Crippen molar-refractivity contribution in [2.45, 2.75) is 103 Å². The Kier molecular flexibility index (Phi) is 7.32. The van der Waals surface area contributed by atoms with Crippen LogP contribution in [0.2, 0.25) is 0 Å². The summed E-state index contributed by atoms with van der Waals surface area (Å²) < 4.78 is 10.9. The molecule has 6 N–H and O–H groups in total. The van der Waals surface area contributed by atoms with E-state index < -0.39 is 60.4 Å². The third kappa shape index (κ3) is 4.42. The van der Waals surface area contributed by atoms with Gasteiger partial charge in [-0.2, -0.15) is 0 Å². The average molecular weight is 499 g/mol. The van der Waals surface area contributed by atoms with E-state index in [4.69, 9.17) is 9.47 Å². The number of ether oxygens (including phenoxy) is 2. The molecular formula is C26H42O9. The molecule has 1 heterocycles. The standard InChI is InChI=1S/C26H42O9/c1-24(2)17-6-5-13-9-25(3,8-7-14(13)26(17,4)10-15(28)22(24)33)18(29)12-34-23-21(32)20(31)19(30)16(11-27)35-23/h9,14-17,19-23,27-28,30-33H,5-8,10-12H2,1-4H3. The van der Waals surface area contributed by atoms with Crippen LogP contribution >= 0.6 is 0 Å². The molecule has 4 rings (SSSR count). The molecule has 0 spiro atoms. The average Bonchev–Trinajstić information content (AvgIpc) is 2.80. The van der Waals surface area contributed by atoms with E-state index in [1.54, 1.807) is 0 Å². The number of aliphatic hydroxyl groups is 6. The zero-order valence-electron chi connectivity index (χ0n) is 21.1. The Morgan fingerprint density at radius 3 is 2.40 bits per heavy atom. The smallest absolute Gasteiger partial charge is 0.187 e. The molecule has 2 saturated carbocycles. The Hall–Kier alpha value is -0.910. The Morgan fingerprint density at radius 2 is 1.74 bits per heavy atom. The topological polar surface area (TPSA) is 157 Å². The highest BCUT2D eigenvalue weighted by molar-refractivity contribution is 5.87. The van der Waals surface area contributed by atoms with Crippen LogP contribution in [-0.4, -0.2) is 92.5 Å². The van der Waals surface area contributed by atoms with E-state index in [-0.39, 0.29) is 29.6 Å². The fraction of sp³-hybridized carbons (Fsp3) is 0.885. The fourth-order valence-corrected chi connectivity index (χ4v) is 7.61. The molecule has 1 aliphatic heterocycles. The second-order valence-corrected chi connectivity index (χ2v) is 12.3.